The minimum atomic E-state index is -0.372. The zero-order chi connectivity index (χ0) is 21.6. The van der Waals surface area contributed by atoms with Gasteiger partial charge in [-0.1, -0.05) is 60.7 Å². The minimum Gasteiger partial charge on any atom is -0.348 e. The molecule has 0 aliphatic heterocycles. The van der Waals surface area contributed by atoms with Crippen molar-refractivity contribution in [1.82, 2.24) is 15.1 Å². The van der Waals surface area contributed by atoms with Gasteiger partial charge in [0.05, 0.1) is 11.4 Å². The fourth-order valence-electron chi connectivity index (χ4n) is 3.51. The molecule has 3 aromatic carbocycles. The summed E-state index contributed by atoms with van der Waals surface area (Å²) in [6, 6.07) is 27.6. The molecule has 0 bridgehead atoms. The molecule has 4 rings (SSSR count). The number of carbonyl (C=O) groups is 1. The fourth-order valence-corrected chi connectivity index (χ4v) is 3.51. The van der Waals surface area contributed by atoms with E-state index >= 15 is 0 Å². The summed E-state index contributed by atoms with van der Waals surface area (Å²) in [6.07, 6.45) is 1.69. The van der Waals surface area contributed by atoms with Crippen molar-refractivity contribution in [2.75, 3.05) is 0 Å². The van der Waals surface area contributed by atoms with Gasteiger partial charge in [-0.3, -0.25) is 4.79 Å². The van der Waals surface area contributed by atoms with Gasteiger partial charge < -0.3 is 5.32 Å². The van der Waals surface area contributed by atoms with Crippen LogP contribution in [0.1, 0.15) is 29.4 Å². The summed E-state index contributed by atoms with van der Waals surface area (Å²) in [5.74, 6) is -0.608. The van der Waals surface area contributed by atoms with Crippen LogP contribution in [0.2, 0.25) is 0 Å². The van der Waals surface area contributed by atoms with Gasteiger partial charge >= 0.3 is 0 Å². The number of nitrogens with one attached hydrogen (secondary N) is 1. The van der Waals surface area contributed by atoms with Crippen LogP contribution in [0.5, 0.6) is 0 Å². The maximum absolute atomic E-state index is 14.3. The monoisotopic (exact) mass is 413 g/mol. The number of aromatic nitrogens is 2. The van der Waals surface area contributed by atoms with Crippen LogP contribution in [0.15, 0.2) is 91.0 Å². The van der Waals surface area contributed by atoms with Crippen molar-refractivity contribution in [1.29, 1.82) is 0 Å². The van der Waals surface area contributed by atoms with Gasteiger partial charge in [0.25, 0.3) is 5.91 Å². The summed E-state index contributed by atoms with van der Waals surface area (Å²) in [5.41, 5.74) is 3.13. The third kappa shape index (κ3) is 4.89. The normalized spacial score (nSPS) is 11.8. The average Bonchev–Trinajstić information content (AvgIpc) is 3.25. The summed E-state index contributed by atoms with van der Waals surface area (Å²) in [6.45, 7) is 1.99. The Bertz CT molecular complexity index is 1160. The Kier molecular flexibility index (Phi) is 6.22. The maximum Gasteiger partial charge on any atom is 0.270 e. The molecule has 156 valence electrons. The van der Waals surface area contributed by atoms with Crippen molar-refractivity contribution in [3.63, 3.8) is 0 Å². The molecule has 0 saturated heterocycles. The molecular weight excluding hydrogens is 389 g/mol. The Morgan fingerprint density at radius 2 is 1.61 bits per heavy atom. The number of aryl methyl sites for hydroxylation is 1. The molecule has 5 heteroatoms. The zero-order valence-corrected chi connectivity index (χ0v) is 17.3. The first kappa shape index (κ1) is 20.5. The maximum atomic E-state index is 14.3. The second-order valence-electron chi connectivity index (χ2n) is 7.54. The van der Waals surface area contributed by atoms with E-state index in [1.165, 1.54) is 11.6 Å². The Morgan fingerprint density at radius 3 is 2.32 bits per heavy atom. The number of para-hydroxylation sites is 1. The predicted octanol–water partition coefficient (Wildman–Crippen LogP) is 5.43. The van der Waals surface area contributed by atoms with Gasteiger partial charge in [0, 0.05) is 11.6 Å². The molecule has 4 aromatic rings. The van der Waals surface area contributed by atoms with Gasteiger partial charge in [-0.15, -0.1) is 0 Å². The highest BCUT2D eigenvalue weighted by atomic mass is 19.1. The lowest BCUT2D eigenvalue weighted by Gasteiger charge is -2.14. The van der Waals surface area contributed by atoms with Crippen LogP contribution in [-0.4, -0.2) is 21.7 Å². The van der Waals surface area contributed by atoms with E-state index in [4.69, 9.17) is 0 Å². The van der Waals surface area contributed by atoms with Crippen molar-refractivity contribution in [2.45, 2.75) is 25.8 Å². The van der Waals surface area contributed by atoms with Gasteiger partial charge in [-0.2, -0.15) is 5.10 Å². The largest absolute Gasteiger partial charge is 0.348 e. The van der Waals surface area contributed by atoms with E-state index in [0.717, 1.165) is 18.5 Å². The fraction of sp³-hybridized carbons (Fsp3) is 0.154. The lowest BCUT2D eigenvalue weighted by molar-refractivity contribution is 0.0930. The number of carbonyl (C=O) groups excluding carboxylic acids is 1. The molecule has 1 N–H and O–H groups in total. The van der Waals surface area contributed by atoms with Gasteiger partial charge in [0.15, 0.2) is 0 Å². The highest BCUT2D eigenvalue weighted by molar-refractivity contribution is 5.94. The SMILES string of the molecule is CC(CCc1ccccc1)NC(=O)c1cc(-c2ccccc2F)nn1-c1ccccc1. The summed E-state index contributed by atoms with van der Waals surface area (Å²) in [4.78, 5) is 13.1. The molecule has 1 atom stereocenters. The predicted molar refractivity (Wildman–Crippen MR) is 121 cm³/mol. The minimum absolute atomic E-state index is 0.0243. The highest BCUT2D eigenvalue weighted by Crippen LogP contribution is 2.24. The molecule has 31 heavy (non-hydrogen) atoms. The van der Waals surface area contributed by atoms with Crippen LogP contribution in [0.4, 0.5) is 4.39 Å². The van der Waals surface area contributed by atoms with E-state index in [0.29, 0.717) is 17.0 Å². The molecule has 0 radical (unpaired) electrons. The highest BCUT2D eigenvalue weighted by Gasteiger charge is 2.20. The number of benzene rings is 3. The molecule has 0 fully saturated rings. The van der Waals surface area contributed by atoms with Crippen LogP contribution in [-0.2, 0) is 6.42 Å². The van der Waals surface area contributed by atoms with E-state index in [1.54, 1.807) is 28.9 Å². The van der Waals surface area contributed by atoms with Gasteiger partial charge in [-0.25, -0.2) is 9.07 Å². The first-order valence-electron chi connectivity index (χ1n) is 10.4. The van der Waals surface area contributed by atoms with Crippen molar-refractivity contribution in [3.05, 3.63) is 108 Å². The Hall–Kier alpha value is -3.73. The average molecular weight is 413 g/mol. The molecule has 1 unspecified atom stereocenters. The number of amides is 1. The number of halogens is 1. The van der Waals surface area contributed by atoms with E-state index in [2.05, 4.69) is 22.5 Å². The molecule has 0 aliphatic carbocycles. The van der Waals surface area contributed by atoms with Crippen molar-refractivity contribution < 1.29 is 9.18 Å². The molecule has 1 aromatic heterocycles. The van der Waals surface area contributed by atoms with Crippen LogP contribution in [0, 0.1) is 5.82 Å². The summed E-state index contributed by atoms with van der Waals surface area (Å²) < 4.78 is 15.9. The zero-order valence-electron chi connectivity index (χ0n) is 17.3. The smallest absolute Gasteiger partial charge is 0.270 e. The molecule has 1 heterocycles. The number of nitrogens with zero attached hydrogens (tertiary/aromatic N) is 2. The summed E-state index contributed by atoms with van der Waals surface area (Å²) in [7, 11) is 0. The number of hydrogen-bond donors (Lipinski definition) is 1. The van der Waals surface area contributed by atoms with E-state index in [-0.39, 0.29) is 17.8 Å². The molecule has 1 amide bonds. The Labute approximate surface area is 181 Å². The molecule has 4 nitrogen and oxygen atoms in total. The third-order valence-corrected chi connectivity index (χ3v) is 5.18. The first-order chi connectivity index (χ1) is 15.1. The second kappa shape index (κ2) is 9.39. The molecule has 0 spiro atoms. The third-order valence-electron chi connectivity index (χ3n) is 5.18. The van der Waals surface area contributed by atoms with Crippen molar-refractivity contribution in [3.8, 4) is 16.9 Å². The second-order valence-corrected chi connectivity index (χ2v) is 7.54. The van der Waals surface area contributed by atoms with Gasteiger partial charge in [-0.05, 0) is 55.7 Å². The summed E-state index contributed by atoms with van der Waals surface area (Å²) >= 11 is 0. The van der Waals surface area contributed by atoms with E-state index < -0.39 is 0 Å². The molecule has 0 saturated carbocycles. The van der Waals surface area contributed by atoms with Gasteiger partial charge in [0.2, 0.25) is 0 Å². The van der Waals surface area contributed by atoms with E-state index in [9.17, 15) is 9.18 Å². The lowest BCUT2D eigenvalue weighted by Crippen LogP contribution is -2.34. The van der Waals surface area contributed by atoms with Crippen LogP contribution < -0.4 is 5.32 Å². The summed E-state index contributed by atoms with van der Waals surface area (Å²) in [5, 5.41) is 7.61. The Balaban J connectivity index is 1.58. The molecule has 0 aliphatic rings. The topological polar surface area (TPSA) is 46.9 Å². The number of rotatable bonds is 7. The first-order valence-corrected chi connectivity index (χ1v) is 10.4. The molecular formula is C26H24FN3O. The van der Waals surface area contributed by atoms with Crippen molar-refractivity contribution in [2.24, 2.45) is 0 Å². The lowest BCUT2D eigenvalue weighted by atomic mass is 10.1. The quantitative estimate of drug-likeness (QED) is 0.439. The van der Waals surface area contributed by atoms with Gasteiger partial charge in [0.1, 0.15) is 11.5 Å². The van der Waals surface area contributed by atoms with Crippen molar-refractivity contribution >= 4 is 5.91 Å². The Morgan fingerprint density at radius 1 is 0.968 bits per heavy atom. The van der Waals surface area contributed by atoms with Crippen LogP contribution in [0.25, 0.3) is 16.9 Å². The van der Waals surface area contributed by atoms with E-state index in [1.807, 2.05) is 55.5 Å². The van der Waals surface area contributed by atoms with Crippen LogP contribution in [0.3, 0.4) is 0 Å². The number of hydrogen-bond acceptors (Lipinski definition) is 2. The van der Waals surface area contributed by atoms with Crippen LogP contribution >= 0.6 is 0 Å². The standard InChI is InChI=1S/C26H24FN3O/c1-19(16-17-20-10-4-2-5-11-20)28-26(31)25-18-24(22-14-8-9-15-23(22)27)29-30(25)21-12-6-3-7-13-21/h2-15,18-19H,16-17H2,1H3,(H,28,31).